The number of primary sulfonamides is 1. The summed E-state index contributed by atoms with van der Waals surface area (Å²) in [6.45, 7) is 0. The third kappa shape index (κ3) is 4.54. The number of hydrogen-bond donors (Lipinski definition) is 1. The molecule has 5 nitrogen and oxygen atoms in total. The second-order valence-electron chi connectivity index (χ2n) is 3.68. The van der Waals surface area contributed by atoms with Gasteiger partial charge in [0.25, 0.3) is 0 Å². The Labute approximate surface area is 101 Å². The van der Waals surface area contributed by atoms with E-state index in [0.717, 1.165) is 5.56 Å². The van der Waals surface area contributed by atoms with Gasteiger partial charge in [-0.15, -0.1) is 0 Å². The lowest BCUT2D eigenvalue weighted by atomic mass is 10.1. The normalized spacial score (nSPS) is 13.1. The zero-order valence-electron chi connectivity index (χ0n) is 9.50. The fourth-order valence-corrected chi connectivity index (χ4v) is 2.24. The number of rotatable bonds is 5. The SMILES string of the molecule is COC(=O)CC(Cc1ccccc1)S(N)(=O)=O. The molecule has 0 radical (unpaired) electrons. The third-order valence-electron chi connectivity index (χ3n) is 2.39. The Morgan fingerprint density at radius 2 is 1.94 bits per heavy atom. The zero-order chi connectivity index (χ0) is 12.9. The van der Waals surface area contributed by atoms with E-state index in [1.165, 1.54) is 7.11 Å². The average molecular weight is 257 g/mol. The van der Waals surface area contributed by atoms with Crippen molar-refractivity contribution in [2.75, 3.05) is 7.11 Å². The Bertz CT molecular complexity index is 470. The van der Waals surface area contributed by atoms with Gasteiger partial charge < -0.3 is 4.74 Å². The van der Waals surface area contributed by atoms with E-state index in [2.05, 4.69) is 4.74 Å². The molecule has 0 fully saturated rings. The molecule has 0 aliphatic carbocycles. The van der Waals surface area contributed by atoms with E-state index in [9.17, 15) is 13.2 Å². The van der Waals surface area contributed by atoms with Gasteiger partial charge in [0, 0.05) is 0 Å². The first-order valence-electron chi connectivity index (χ1n) is 5.06. The standard InChI is InChI=1S/C11H15NO4S/c1-16-11(13)8-10(17(12,14)15)7-9-5-3-2-4-6-9/h2-6,10H,7-8H2,1H3,(H2,12,14,15). The molecule has 0 bridgehead atoms. The molecule has 0 saturated carbocycles. The first-order valence-corrected chi connectivity index (χ1v) is 6.66. The molecule has 94 valence electrons. The molecule has 1 rings (SSSR count). The molecule has 0 amide bonds. The highest BCUT2D eigenvalue weighted by atomic mass is 32.2. The summed E-state index contributed by atoms with van der Waals surface area (Å²) in [5.41, 5.74) is 0.815. The summed E-state index contributed by atoms with van der Waals surface area (Å²) in [4.78, 5) is 11.1. The smallest absolute Gasteiger partial charge is 0.306 e. The molecule has 17 heavy (non-hydrogen) atoms. The lowest BCUT2D eigenvalue weighted by Crippen LogP contribution is -2.32. The van der Waals surface area contributed by atoms with Crippen molar-refractivity contribution >= 4 is 16.0 Å². The highest BCUT2D eigenvalue weighted by Gasteiger charge is 2.25. The van der Waals surface area contributed by atoms with Crippen LogP contribution >= 0.6 is 0 Å². The van der Waals surface area contributed by atoms with Crippen molar-refractivity contribution in [3.63, 3.8) is 0 Å². The Hall–Kier alpha value is -1.40. The maximum absolute atomic E-state index is 11.4. The van der Waals surface area contributed by atoms with Gasteiger partial charge in [-0.1, -0.05) is 30.3 Å². The largest absolute Gasteiger partial charge is 0.469 e. The van der Waals surface area contributed by atoms with Gasteiger partial charge in [-0.25, -0.2) is 13.6 Å². The molecule has 0 aromatic heterocycles. The summed E-state index contributed by atoms with van der Waals surface area (Å²) in [6.07, 6.45) is -0.0288. The fourth-order valence-electron chi connectivity index (χ4n) is 1.45. The third-order valence-corrected chi connectivity index (χ3v) is 3.66. The average Bonchev–Trinajstić information content (AvgIpc) is 2.28. The van der Waals surface area contributed by atoms with E-state index < -0.39 is 21.2 Å². The van der Waals surface area contributed by atoms with Crippen molar-refractivity contribution in [2.24, 2.45) is 5.14 Å². The highest BCUT2D eigenvalue weighted by molar-refractivity contribution is 7.89. The van der Waals surface area contributed by atoms with Crippen molar-refractivity contribution in [1.29, 1.82) is 0 Å². The fraction of sp³-hybridized carbons (Fsp3) is 0.364. The van der Waals surface area contributed by atoms with Crippen LogP contribution in [-0.2, 0) is 26.0 Å². The van der Waals surface area contributed by atoms with Crippen LogP contribution in [0.4, 0.5) is 0 Å². The zero-order valence-corrected chi connectivity index (χ0v) is 10.3. The molecule has 2 N–H and O–H groups in total. The van der Waals surface area contributed by atoms with Gasteiger partial charge in [0.15, 0.2) is 0 Å². The van der Waals surface area contributed by atoms with Crippen LogP contribution in [0.15, 0.2) is 30.3 Å². The van der Waals surface area contributed by atoms with Crippen molar-refractivity contribution in [3.05, 3.63) is 35.9 Å². The molecule has 0 heterocycles. The van der Waals surface area contributed by atoms with Crippen molar-refractivity contribution in [1.82, 2.24) is 0 Å². The number of benzene rings is 1. The van der Waals surface area contributed by atoms with Crippen molar-refractivity contribution < 1.29 is 17.9 Å². The summed E-state index contributed by atoms with van der Waals surface area (Å²) >= 11 is 0. The molecular formula is C11H15NO4S. The lowest BCUT2D eigenvalue weighted by Gasteiger charge is -2.13. The summed E-state index contributed by atoms with van der Waals surface area (Å²) in [5.74, 6) is -0.583. The van der Waals surface area contributed by atoms with Crippen LogP contribution in [0.3, 0.4) is 0 Å². The van der Waals surface area contributed by atoms with E-state index >= 15 is 0 Å². The van der Waals surface area contributed by atoms with Gasteiger partial charge in [-0.3, -0.25) is 4.79 Å². The number of carbonyl (C=O) groups is 1. The van der Waals surface area contributed by atoms with Gasteiger partial charge in [0.1, 0.15) is 0 Å². The van der Waals surface area contributed by atoms with Gasteiger partial charge in [-0.05, 0) is 12.0 Å². The molecule has 0 aliphatic rings. The number of methoxy groups -OCH3 is 1. The summed E-state index contributed by atoms with van der Waals surface area (Å²) < 4.78 is 27.2. The molecule has 1 unspecified atom stereocenters. The number of hydrogen-bond acceptors (Lipinski definition) is 4. The molecule has 0 aliphatic heterocycles. The minimum absolute atomic E-state index is 0.203. The van der Waals surface area contributed by atoms with Crippen LogP contribution in [0.25, 0.3) is 0 Å². The Morgan fingerprint density at radius 3 is 2.41 bits per heavy atom. The van der Waals surface area contributed by atoms with Gasteiger partial charge in [0.05, 0.1) is 18.8 Å². The molecule has 1 atom stereocenters. The van der Waals surface area contributed by atoms with Crippen LogP contribution in [0.1, 0.15) is 12.0 Å². The predicted octanol–water partition coefficient (Wildman–Crippen LogP) is 0.449. The van der Waals surface area contributed by atoms with Crippen LogP contribution in [0, 0.1) is 0 Å². The number of nitrogens with two attached hydrogens (primary N) is 1. The molecular weight excluding hydrogens is 242 g/mol. The summed E-state index contributed by atoms with van der Waals surface area (Å²) in [5, 5.41) is 4.15. The van der Waals surface area contributed by atoms with E-state index in [4.69, 9.17) is 5.14 Å². The van der Waals surface area contributed by atoms with Crippen LogP contribution in [0.2, 0.25) is 0 Å². The second-order valence-corrected chi connectivity index (χ2v) is 5.53. The monoisotopic (exact) mass is 257 g/mol. The van der Waals surface area contributed by atoms with Gasteiger partial charge in [0.2, 0.25) is 10.0 Å². The summed E-state index contributed by atoms with van der Waals surface area (Å²) in [7, 11) is -2.56. The maximum Gasteiger partial charge on any atom is 0.306 e. The number of sulfonamides is 1. The molecule has 1 aromatic rings. The van der Waals surface area contributed by atoms with E-state index in [1.54, 1.807) is 24.3 Å². The topological polar surface area (TPSA) is 86.5 Å². The number of esters is 1. The number of carbonyl (C=O) groups excluding carboxylic acids is 1. The van der Waals surface area contributed by atoms with Crippen LogP contribution in [0.5, 0.6) is 0 Å². The Kier molecular flexibility index (Phi) is 4.65. The maximum atomic E-state index is 11.4. The van der Waals surface area contributed by atoms with Crippen LogP contribution in [-0.4, -0.2) is 26.7 Å². The van der Waals surface area contributed by atoms with E-state index in [0.29, 0.717) is 0 Å². The first kappa shape index (κ1) is 13.7. The Morgan fingerprint density at radius 1 is 1.35 bits per heavy atom. The van der Waals surface area contributed by atoms with Crippen LogP contribution < -0.4 is 5.14 Å². The minimum Gasteiger partial charge on any atom is -0.469 e. The lowest BCUT2D eigenvalue weighted by molar-refractivity contribution is -0.140. The minimum atomic E-state index is -3.77. The molecule has 0 saturated heterocycles. The summed E-state index contributed by atoms with van der Waals surface area (Å²) in [6, 6.07) is 9.00. The first-order chi connectivity index (χ1) is 7.93. The van der Waals surface area contributed by atoms with E-state index in [1.807, 2.05) is 6.07 Å². The molecule has 6 heteroatoms. The number of ether oxygens (including phenoxy) is 1. The van der Waals surface area contributed by atoms with Crippen molar-refractivity contribution in [2.45, 2.75) is 18.1 Å². The van der Waals surface area contributed by atoms with Gasteiger partial charge >= 0.3 is 5.97 Å². The van der Waals surface area contributed by atoms with Gasteiger partial charge in [-0.2, -0.15) is 0 Å². The predicted molar refractivity (Wildman–Crippen MR) is 63.7 cm³/mol. The molecule has 1 aromatic carbocycles. The molecule has 0 spiro atoms. The quantitative estimate of drug-likeness (QED) is 0.776. The Balaban J connectivity index is 2.82. The second kappa shape index (κ2) is 5.79. The van der Waals surface area contributed by atoms with Crippen molar-refractivity contribution in [3.8, 4) is 0 Å². The highest BCUT2D eigenvalue weighted by Crippen LogP contribution is 2.12. The van der Waals surface area contributed by atoms with E-state index in [-0.39, 0.29) is 12.8 Å².